The van der Waals surface area contributed by atoms with Crippen LogP contribution >= 0.6 is 0 Å². The lowest BCUT2D eigenvalue weighted by atomic mass is 10.1. The zero-order chi connectivity index (χ0) is 16.9. The van der Waals surface area contributed by atoms with Crippen molar-refractivity contribution in [1.29, 1.82) is 0 Å². The summed E-state index contributed by atoms with van der Waals surface area (Å²) in [5, 5.41) is 4.06. The van der Waals surface area contributed by atoms with Crippen LogP contribution < -0.4 is 14.8 Å². The molecule has 124 valence electrons. The zero-order valence-corrected chi connectivity index (χ0v) is 13.8. The van der Waals surface area contributed by atoms with Crippen molar-refractivity contribution in [3.8, 4) is 11.5 Å². The Morgan fingerprint density at radius 3 is 2.71 bits per heavy atom. The van der Waals surface area contributed by atoms with Gasteiger partial charge in [-0.2, -0.15) is 0 Å². The quantitative estimate of drug-likeness (QED) is 0.726. The Labute approximate surface area is 140 Å². The maximum atomic E-state index is 12.2. The summed E-state index contributed by atoms with van der Waals surface area (Å²) in [5.41, 5.74) is 2.95. The number of nitrogens with one attached hydrogen (secondary N) is 2. The third kappa shape index (κ3) is 3.35. The number of fused-ring (bicyclic) bond motifs is 1. The minimum atomic E-state index is -0.0326. The Bertz CT molecular complexity index is 855. The summed E-state index contributed by atoms with van der Waals surface area (Å²) in [7, 11) is 3.15. The van der Waals surface area contributed by atoms with Crippen molar-refractivity contribution < 1.29 is 14.3 Å². The summed E-state index contributed by atoms with van der Waals surface area (Å²) in [6.45, 7) is 0. The molecule has 2 N–H and O–H groups in total. The summed E-state index contributed by atoms with van der Waals surface area (Å²) < 4.78 is 10.4. The first-order valence-corrected chi connectivity index (χ1v) is 7.78. The lowest BCUT2D eigenvalue weighted by Crippen LogP contribution is -2.12. The van der Waals surface area contributed by atoms with E-state index >= 15 is 0 Å². The Balaban J connectivity index is 1.65. The molecule has 1 amide bonds. The summed E-state index contributed by atoms with van der Waals surface area (Å²) in [4.78, 5) is 15.4. The molecule has 5 nitrogen and oxygen atoms in total. The van der Waals surface area contributed by atoms with Gasteiger partial charge in [-0.05, 0) is 36.2 Å². The van der Waals surface area contributed by atoms with Gasteiger partial charge in [0.05, 0.1) is 14.2 Å². The molecule has 0 fully saturated rings. The van der Waals surface area contributed by atoms with E-state index in [1.165, 1.54) is 0 Å². The number of hydrogen-bond acceptors (Lipinski definition) is 3. The molecule has 0 aliphatic rings. The first kappa shape index (κ1) is 15.9. The van der Waals surface area contributed by atoms with Gasteiger partial charge in [0.1, 0.15) is 0 Å². The van der Waals surface area contributed by atoms with E-state index in [4.69, 9.17) is 9.47 Å². The van der Waals surface area contributed by atoms with Crippen molar-refractivity contribution in [3.63, 3.8) is 0 Å². The number of hydrogen-bond donors (Lipinski definition) is 2. The van der Waals surface area contributed by atoms with E-state index in [0.29, 0.717) is 30.0 Å². The minimum Gasteiger partial charge on any atom is -0.493 e. The van der Waals surface area contributed by atoms with E-state index < -0.39 is 0 Å². The van der Waals surface area contributed by atoms with Crippen molar-refractivity contribution in [2.75, 3.05) is 19.5 Å². The van der Waals surface area contributed by atoms with Crippen molar-refractivity contribution in [1.82, 2.24) is 4.98 Å². The van der Waals surface area contributed by atoms with Gasteiger partial charge in [-0.1, -0.05) is 12.1 Å². The number of anilines is 1. The van der Waals surface area contributed by atoms with Gasteiger partial charge in [0.2, 0.25) is 5.91 Å². The second kappa shape index (κ2) is 7.08. The number of H-pyrrole nitrogens is 1. The molecule has 5 heteroatoms. The summed E-state index contributed by atoms with van der Waals surface area (Å²) >= 11 is 0. The van der Waals surface area contributed by atoms with E-state index in [1.807, 2.05) is 24.4 Å². The normalized spacial score (nSPS) is 10.6. The molecule has 3 aromatic rings. The van der Waals surface area contributed by atoms with Crippen LogP contribution in [-0.4, -0.2) is 25.1 Å². The van der Waals surface area contributed by atoms with Crippen molar-refractivity contribution in [2.45, 2.75) is 12.8 Å². The molecule has 0 unspecified atom stereocenters. The molecule has 1 aromatic heterocycles. The molecule has 0 saturated carbocycles. The van der Waals surface area contributed by atoms with E-state index in [0.717, 1.165) is 16.5 Å². The first-order valence-electron chi connectivity index (χ1n) is 7.78. The molecular weight excluding hydrogens is 304 g/mol. The number of carbonyl (C=O) groups is 1. The molecule has 0 atom stereocenters. The molecule has 1 heterocycles. The van der Waals surface area contributed by atoms with Crippen LogP contribution in [0.3, 0.4) is 0 Å². The second-order valence-electron chi connectivity index (χ2n) is 5.47. The summed E-state index contributed by atoms with van der Waals surface area (Å²) in [6, 6.07) is 13.4. The number of aryl methyl sites for hydroxylation is 1. The van der Waals surface area contributed by atoms with Gasteiger partial charge in [-0.3, -0.25) is 4.79 Å². The Kier molecular flexibility index (Phi) is 4.70. The highest BCUT2D eigenvalue weighted by Crippen LogP contribution is 2.29. The number of amides is 1. The predicted molar refractivity (Wildman–Crippen MR) is 94.8 cm³/mol. The standard InChI is InChI=1S/C19H20N2O3/c1-23-17-8-7-14(12-18(17)24-2)21-19(22)9-6-13-4-3-5-16-15(13)10-11-20-16/h3-5,7-8,10-12,20H,6,9H2,1-2H3,(H,21,22). The van der Waals surface area contributed by atoms with Gasteiger partial charge >= 0.3 is 0 Å². The third-order valence-electron chi connectivity index (χ3n) is 3.97. The van der Waals surface area contributed by atoms with Gasteiger partial charge in [0.15, 0.2) is 11.5 Å². The van der Waals surface area contributed by atoms with Crippen LogP contribution in [-0.2, 0) is 11.2 Å². The fourth-order valence-corrected chi connectivity index (χ4v) is 2.75. The van der Waals surface area contributed by atoms with Crippen molar-refractivity contribution in [3.05, 3.63) is 54.2 Å². The molecule has 0 aliphatic carbocycles. The molecular formula is C19H20N2O3. The van der Waals surface area contributed by atoms with E-state index in [9.17, 15) is 4.79 Å². The average molecular weight is 324 g/mol. The van der Waals surface area contributed by atoms with E-state index in [-0.39, 0.29) is 5.91 Å². The highest BCUT2D eigenvalue weighted by molar-refractivity contribution is 5.92. The molecule has 3 rings (SSSR count). The Hall–Kier alpha value is -2.95. The van der Waals surface area contributed by atoms with Gasteiger partial charge in [-0.15, -0.1) is 0 Å². The monoisotopic (exact) mass is 324 g/mol. The van der Waals surface area contributed by atoms with Crippen LogP contribution in [0.2, 0.25) is 0 Å². The minimum absolute atomic E-state index is 0.0326. The van der Waals surface area contributed by atoms with Crippen molar-refractivity contribution >= 4 is 22.5 Å². The third-order valence-corrected chi connectivity index (χ3v) is 3.97. The fraction of sp³-hybridized carbons (Fsp3) is 0.211. The first-order chi connectivity index (χ1) is 11.7. The van der Waals surface area contributed by atoms with Gasteiger partial charge in [0, 0.05) is 35.3 Å². The van der Waals surface area contributed by atoms with Gasteiger partial charge in [0.25, 0.3) is 0 Å². The maximum absolute atomic E-state index is 12.2. The predicted octanol–water partition coefficient (Wildman–Crippen LogP) is 3.76. The molecule has 0 bridgehead atoms. The molecule has 2 aromatic carbocycles. The molecule has 0 aliphatic heterocycles. The highest BCUT2D eigenvalue weighted by Gasteiger charge is 2.09. The van der Waals surface area contributed by atoms with Gasteiger partial charge in [-0.25, -0.2) is 0 Å². The zero-order valence-electron chi connectivity index (χ0n) is 13.8. The molecule has 0 saturated heterocycles. The largest absolute Gasteiger partial charge is 0.493 e. The Morgan fingerprint density at radius 2 is 1.92 bits per heavy atom. The molecule has 24 heavy (non-hydrogen) atoms. The van der Waals surface area contributed by atoms with Gasteiger partial charge < -0.3 is 19.8 Å². The topological polar surface area (TPSA) is 63.3 Å². The smallest absolute Gasteiger partial charge is 0.224 e. The fourth-order valence-electron chi connectivity index (χ4n) is 2.75. The number of aromatic amines is 1. The van der Waals surface area contributed by atoms with Crippen LogP contribution in [0.4, 0.5) is 5.69 Å². The molecule has 0 radical (unpaired) electrons. The number of rotatable bonds is 6. The van der Waals surface area contributed by atoms with Crippen LogP contribution in [0, 0.1) is 0 Å². The Morgan fingerprint density at radius 1 is 1.08 bits per heavy atom. The SMILES string of the molecule is COc1ccc(NC(=O)CCc2cccc3[nH]ccc23)cc1OC. The highest BCUT2D eigenvalue weighted by atomic mass is 16.5. The van der Waals surface area contributed by atoms with Crippen LogP contribution in [0.5, 0.6) is 11.5 Å². The number of methoxy groups -OCH3 is 2. The van der Waals surface area contributed by atoms with E-state index in [2.05, 4.69) is 16.4 Å². The summed E-state index contributed by atoms with van der Waals surface area (Å²) in [6.07, 6.45) is 3.02. The van der Waals surface area contributed by atoms with Crippen molar-refractivity contribution in [2.24, 2.45) is 0 Å². The second-order valence-corrected chi connectivity index (χ2v) is 5.47. The number of ether oxygens (including phenoxy) is 2. The van der Waals surface area contributed by atoms with E-state index in [1.54, 1.807) is 32.4 Å². The van der Waals surface area contributed by atoms with Crippen LogP contribution in [0.15, 0.2) is 48.7 Å². The molecule has 0 spiro atoms. The summed E-state index contributed by atoms with van der Waals surface area (Å²) in [5.74, 6) is 1.19. The lowest BCUT2D eigenvalue weighted by molar-refractivity contribution is -0.116. The number of carbonyl (C=O) groups excluding carboxylic acids is 1. The van der Waals surface area contributed by atoms with Crippen LogP contribution in [0.1, 0.15) is 12.0 Å². The van der Waals surface area contributed by atoms with Crippen LogP contribution in [0.25, 0.3) is 10.9 Å². The number of aromatic nitrogens is 1. The number of benzene rings is 2. The average Bonchev–Trinajstić information content (AvgIpc) is 3.09. The maximum Gasteiger partial charge on any atom is 0.224 e. The lowest BCUT2D eigenvalue weighted by Gasteiger charge is -2.10.